The molecule has 4 aromatic rings. The molecule has 2 atom stereocenters. The molecule has 1 fully saturated rings. The second kappa shape index (κ2) is 6.43. The normalized spacial score (nSPS) is 20.6. The van der Waals surface area contributed by atoms with E-state index in [0.29, 0.717) is 6.04 Å². The molecule has 3 aromatic heterocycles. The molecule has 5 nitrogen and oxygen atoms in total. The smallest absolute Gasteiger partial charge is 0.137 e. The number of para-hydroxylation sites is 1. The Morgan fingerprint density at radius 1 is 1.15 bits per heavy atom. The summed E-state index contributed by atoms with van der Waals surface area (Å²) >= 11 is 0. The van der Waals surface area contributed by atoms with E-state index in [9.17, 15) is 5.11 Å². The molecule has 0 spiro atoms. The van der Waals surface area contributed by atoms with Crippen LogP contribution in [-0.2, 0) is 0 Å². The van der Waals surface area contributed by atoms with E-state index in [0.717, 1.165) is 48.2 Å². The summed E-state index contributed by atoms with van der Waals surface area (Å²) in [6.45, 7) is 3.05. The molecule has 5 rings (SSSR count). The molecule has 0 radical (unpaired) electrons. The summed E-state index contributed by atoms with van der Waals surface area (Å²) in [5.41, 5.74) is 4.32. The largest absolute Gasteiger partial charge is 0.393 e. The van der Waals surface area contributed by atoms with Crippen LogP contribution in [0.3, 0.4) is 0 Å². The number of benzene rings is 1. The molecule has 0 amide bonds. The van der Waals surface area contributed by atoms with Gasteiger partial charge in [0.1, 0.15) is 5.65 Å². The van der Waals surface area contributed by atoms with Crippen LogP contribution in [0, 0.1) is 0 Å². The summed E-state index contributed by atoms with van der Waals surface area (Å²) < 4.78 is 2.35. The maximum atomic E-state index is 10.2. The Bertz CT molecular complexity index is 1060. The van der Waals surface area contributed by atoms with Crippen molar-refractivity contribution in [2.24, 2.45) is 0 Å². The van der Waals surface area contributed by atoms with Gasteiger partial charge in [0.15, 0.2) is 0 Å². The molecule has 2 unspecified atom stereocenters. The number of fused-ring (bicyclic) bond motifs is 2. The first-order valence-electron chi connectivity index (χ1n) is 9.74. The van der Waals surface area contributed by atoms with E-state index >= 15 is 0 Å². The van der Waals surface area contributed by atoms with Gasteiger partial charge in [-0.3, -0.25) is 4.68 Å². The van der Waals surface area contributed by atoms with Gasteiger partial charge in [-0.2, -0.15) is 0 Å². The topological polar surface area (TPSA) is 57.1 Å². The van der Waals surface area contributed by atoms with Crippen LogP contribution < -0.4 is 5.01 Å². The van der Waals surface area contributed by atoms with Crippen LogP contribution in [0.4, 0.5) is 0 Å². The summed E-state index contributed by atoms with van der Waals surface area (Å²) in [6, 6.07) is 17.3. The number of piperidine rings is 1. The lowest BCUT2D eigenvalue weighted by Gasteiger charge is -2.41. The highest BCUT2D eigenvalue weighted by Crippen LogP contribution is 2.32. The van der Waals surface area contributed by atoms with E-state index in [1.54, 1.807) is 0 Å². The van der Waals surface area contributed by atoms with Gasteiger partial charge in [-0.15, -0.1) is 0 Å². The highest BCUT2D eigenvalue weighted by atomic mass is 16.3. The van der Waals surface area contributed by atoms with E-state index in [-0.39, 0.29) is 6.10 Å². The van der Waals surface area contributed by atoms with Crippen molar-refractivity contribution in [3.63, 3.8) is 0 Å². The Hall–Kier alpha value is -2.79. The third-order valence-corrected chi connectivity index (χ3v) is 5.74. The van der Waals surface area contributed by atoms with Gasteiger partial charge < -0.3 is 15.1 Å². The maximum Gasteiger partial charge on any atom is 0.137 e. The number of aliphatic hydroxyl groups is 1. The molecule has 1 saturated heterocycles. The Morgan fingerprint density at radius 2 is 2.00 bits per heavy atom. The molecule has 4 heterocycles. The Kier molecular flexibility index (Phi) is 3.90. The molecule has 5 heteroatoms. The minimum absolute atomic E-state index is 0.200. The van der Waals surface area contributed by atoms with Gasteiger partial charge in [0.05, 0.1) is 23.0 Å². The third-order valence-electron chi connectivity index (χ3n) is 5.74. The lowest BCUT2D eigenvalue weighted by atomic mass is 9.99. The van der Waals surface area contributed by atoms with Crippen molar-refractivity contribution < 1.29 is 5.11 Å². The molecule has 0 aliphatic carbocycles. The van der Waals surface area contributed by atoms with E-state index in [1.807, 2.05) is 12.3 Å². The number of aromatic nitrogens is 3. The second-order valence-corrected chi connectivity index (χ2v) is 7.43. The number of aliphatic hydroxyl groups excluding tert-OH is 1. The summed E-state index contributed by atoms with van der Waals surface area (Å²) in [5.74, 6) is 0. The van der Waals surface area contributed by atoms with Gasteiger partial charge in [0, 0.05) is 29.6 Å². The molecule has 1 aliphatic heterocycles. The number of nitrogens with zero attached hydrogens (tertiary/aromatic N) is 3. The van der Waals surface area contributed by atoms with Crippen molar-refractivity contribution in [2.75, 3.05) is 11.6 Å². The zero-order valence-electron chi connectivity index (χ0n) is 15.5. The standard InChI is InChI=1S/C22H24N4O/c1-2-17-14-18(27)9-11-25(17)26-20-8-4-3-6-15(20)13-21(26)19-12-16-7-5-10-23-22(16)24-19/h3-8,10,12-13,17-18,27H,2,9,11,14H2,1H3,(H,23,24). The first kappa shape index (κ1) is 16.4. The molecule has 1 aliphatic rings. The Labute approximate surface area is 158 Å². The monoisotopic (exact) mass is 360 g/mol. The minimum Gasteiger partial charge on any atom is -0.393 e. The highest BCUT2D eigenvalue weighted by molar-refractivity contribution is 5.90. The summed E-state index contributed by atoms with van der Waals surface area (Å²) in [5, 5.41) is 14.9. The number of H-pyrrole nitrogens is 1. The predicted molar refractivity (Wildman–Crippen MR) is 109 cm³/mol. The van der Waals surface area contributed by atoms with Crippen LogP contribution in [-0.4, -0.2) is 38.4 Å². The summed E-state index contributed by atoms with van der Waals surface area (Å²) in [4.78, 5) is 7.94. The van der Waals surface area contributed by atoms with Crippen LogP contribution >= 0.6 is 0 Å². The molecular weight excluding hydrogens is 336 g/mol. The van der Waals surface area contributed by atoms with Crippen LogP contribution in [0.15, 0.2) is 54.7 Å². The van der Waals surface area contributed by atoms with Crippen molar-refractivity contribution in [2.45, 2.75) is 38.3 Å². The van der Waals surface area contributed by atoms with Gasteiger partial charge in [0.25, 0.3) is 0 Å². The zero-order chi connectivity index (χ0) is 18.4. The minimum atomic E-state index is -0.200. The fourth-order valence-electron chi connectivity index (χ4n) is 4.36. The predicted octanol–water partition coefficient (Wildman–Crippen LogP) is 4.06. The first-order chi connectivity index (χ1) is 13.2. The lowest BCUT2D eigenvalue weighted by Crippen LogP contribution is -2.50. The zero-order valence-corrected chi connectivity index (χ0v) is 15.5. The van der Waals surface area contributed by atoms with Crippen LogP contribution in [0.25, 0.3) is 33.3 Å². The van der Waals surface area contributed by atoms with E-state index < -0.39 is 0 Å². The maximum absolute atomic E-state index is 10.2. The number of hydrogen-bond acceptors (Lipinski definition) is 3. The molecular formula is C22H24N4O. The van der Waals surface area contributed by atoms with Gasteiger partial charge >= 0.3 is 0 Å². The first-order valence-corrected chi connectivity index (χ1v) is 9.74. The van der Waals surface area contributed by atoms with Gasteiger partial charge in [-0.05, 0) is 49.6 Å². The van der Waals surface area contributed by atoms with Gasteiger partial charge in [0.2, 0.25) is 0 Å². The number of pyridine rings is 1. The SMILES string of the molecule is CCC1CC(O)CCN1n1c(-c2cc3cccnc3[nH]2)cc2ccccc21. The number of aromatic amines is 1. The average molecular weight is 360 g/mol. The number of rotatable bonds is 3. The number of nitrogens with one attached hydrogen (secondary N) is 1. The molecule has 1 aromatic carbocycles. The van der Waals surface area contributed by atoms with Crippen molar-refractivity contribution in [1.82, 2.24) is 14.6 Å². The van der Waals surface area contributed by atoms with E-state index in [2.05, 4.69) is 69.0 Å². The van der Waals surface area contributed by atoms with Crippen LogP contribution in [0.5, 0.6) is 0 Å². The van der Waals surface area contributed by atoms with Gasteiger partial charge in [-0.25, -0.2) is 4.98 Å². The van der Waals surface area contributed by atoms with Crippen molar-refractivity contribution in [1.29, 1.82) is 0 Å². The fraction of sp³-hybridized carbons (Fsp3) is 0.318. The summed E-state index contributed by atoms with van der Waals surface area (Å²) in [7, 11) is 0. The van der Waals surface area contributed by atoms with Crippen molar-refractivity contribution in [3.8, 4) is 11.4 Å². The lowest BCUT2D eigenvalue weighted by molar-refractivity contribution is 0.118. The molecule has 0 bridgehead atoms. The molecule has 2 N–H and O–H groups in total. The fourth-order valence-corrected chi connectivity index (χ4v) is 4.36. The Morgan fingerprint density at radius 3 is 2.85 bits per heavy atom. The van der Waals surface area contributed by atoms with Crippen LogP contribution in [0.2, 0.25) is 0 Å². The number of hydrogen-bond donors (Lipinski definition) is 2. The average Bonchev–Trinajstić information content (AvgIpc) is 3.29. The van der Waals surface area contributed by atoms with E-state index in [1.165, 1.54) is 10.9 Å². The molecule has 0 saturated carbocycles. The second-order valence-electron chi connectivity index (χ2n) is 7.43. The molecule has 138 valence electrons. The summed E-state index contributed by atoms with van der Waals surface area (Å²) in [6.07, 6.45) is 4.25. The van der Waals surface area contributed by atoms with Crippen molar-refractivity contribution >= 4 is 21.9 Å². The highest BCUT2D eigenvalue weighted by Gasteiger charge is 2.29. The van der Waals surface area contributed by atoms with E-state index in [4.69, 9.17) is 0 Å². The van der Waals surface area contributed by atoms with Crippen LogP contribution in [0.1, 0.15) is 26.2 Å². The Balaban J connectivity index is 1.71. The third kappa shape index (κ3) is 2.70. The van der Waals surface area contributed by atoms with Gasteiger partial charge in [-0.1, -0.05) is 25.1 Å². The van der Waals surface area contributed by atoms with Crippen molar-refractivity contribution in [3.05, 3.63) is 54.7 Å². The molecule has 27 heavy (non-hydrogen) atoms. The quantitative estimate of drug-likeness (QED) is 0.579.